The van der Waals surface area contributed by atoms with Crippen molar-refractivity contribution in [1.82, 2.24) is 5.32 Å². The zero-order valence-electron chi connectivity index (χ0n) is 11.2. The quantitative estimate of drug-likeness (QED) is 0.882. The van der Waals surface area contributed by atoms with Gasteiger partial charge in [-0.1, -0.05) is 25.1 Å². The van der Waals surface area contributed by atoms with Crippen molar-refractivity contribution in [3.8, 4) is 0 Å². The first-order valence-electron chi connectivity index (χ1n) is 6.51. The van der Waals surface area contributed by atoms with Gasteiger partial charge < -0.3 is 10.4 Å². The van der Waals surface area contributed by atoms with Gasteiger partial charge in [-0.05, 0) is 36.8 Å². The number of aliphatic hydroxyl groups excluding tert-OH is 1. The van der Waals surface area contributed by atoms with E-state index in [2.05, 4.69) is 5.32 Å². The van der Waals surface area contributed by atoms with Crippen LogP contribution < -0.4 is 5.32 Å². The van der Waals surface area contributed by atoms with Crippen molar-refractivity contribution in [3.63, 3.8) is 0 Å². The molecule has 3 nitrogen and oxygen atoms in total. The first-order chi connectivity index (χ1) is 9.06. The Kier molecular flexibility index (Phi) is 4.56. The molecule has 0 spiro atoms. The van der Waals surface area contributed by atoms with Crippen LogP contribution in [0.15, 0.2) is 30.3 Å². The van der Waals surface area contributed by atoms with Gasteiger partial charge in [-0.2, -0.15) is 0 Å². The molecule has 4 heteroatoms. The summed E-state index contributed by atoms with van der Waals surface area (Å²) in [7, 11) is 0. The maximum atomic E-state index is 12.0. The fourth-order valence-corrected chi connectivity index (χ4v) is 3.09. The molecule has 1 heterocycles. The van der Waals surface area contributed by atoms with Crippen LogP contribution in [0.4, 0.5) is 0 Å². The molecule has 0 bridgehead atoms. The van der Waals surface area contributed by atoms with E-state index in [0.717, 1.165) is 15.0 Å². The second kappa shape index (κ2) is 6.17. The third kappa shape index (κ3) is 3.78. The van der Waals surface area contributed by atoms with Crippen LogP contribution in [0.25, 0.3) is 10.1 Å². The number of nitrogens with one attached hydrogen (secondary N) is 1. The minimum absolute atomic E-state index is 0.0290. The van der Waals surface area contributed by atoms with E-state index in [1.165, 1.54) is 11.3 Å². The summed E-state index contributed by atoms with van der Waals surface area (Å²) in [6.07, 6.45) is 0.378. The van der Waals surface area contributed by atoms with E-state index < -0.39 is 0 Å². The Hall–Kier alpha value is -1.39. The summed E-state index contributed by atoms with van der Waals surface area (Å²) in [6.45, 7) is 4.39. The van der Waals surface area contributed by atoms with Gasteiger partial charge >= 0.3 is 0 Å². The van der Waals surface area contributed by atoms with E-state index >= 15 is 0 Å². The van der Waals surface area contributed by atoms with Crippen molar-refractivity contribution in [1.29, 1.82) is 0 Å². The lowest BCUT2D eigenvalue weighted by atomic mass is 10.0. The van der Waals surface area contributed by atoms with Gasteiger partial charge in [0.15, 0.2) is 0 Å². The number of fused-ring (bicyclic) bond motifs is 1. The number of thiophene rings is 1. The summed E-state index contributed by atoms with van der Waals surface area (Å²) >= 11 is 1.51. The smallest absolute Gasteiger partial charge is 0.261 e. The van der Waals surface area contributed by atoms with Crippen LogP contribution in [0.2, 0.25) is 0 Å². The van der Waals surface area contributed by atoms with Crippen LogP contribution >= 0.6 is 11.3 Å². The zero-order chi connectivity index (χ0) is 13.8. The molecule has 0 fully saturated rings. The van der Waals surface area contributed by atoms with Crippen LogP contribution in [0.3, 0.4) is 0 Å². The highest BCUT2D eigenvalue weighted by molar-refractivity contribution is 7.20. The predicted octanol–water partition coefficient (Wildman–Crippen LogP) is 3.04. The first kappa shape index (κ1) is 14.0. The van der Waals surface area contributed by atoms with Gasteiger partial charge in [0.05, 0.1) is 11.0 Å². The largest absolute Gasteiger partial charge is 0.393 e. The number of aliphatic hydroxyl groups is 1. The Bertz CT molecular complexity index is 529. The highest BCUT2D eigenvalue weighted by atomic mass is 32.1. The number of carbonyl (C=O) groups excluding carboxylic acids is 1. The summed E-state index contributed by atoms with van der Waals surface area (Å²) in [5.74, 6) is 0.247. The molecule has 1 aromatic carbocycles. The lowest BCUT2D eigenvalue weighted by Gasteiger charge is -2.13. The fourth-order valence-electron chi connectivity index (χ4n) is 2.11. The van der Waals surface area contributed by atoms with Gasteiger partial charge in [0, 0.05) is 11.2 Å². The van der Waals surface area contributed by atoms with Gasteiger partial charge in [-0.25, -0.2) is 0 Å². The molecule has 19 heavy (non-hydrogen) atoms. The van der Waals surface area contributed by atoms with Crippen LogP contribution in [0.1, 0.15) is 29.9 Å². The van der Waals surface area contributed by atoms with Crippen molar-refractivity contribution in [3.05, 3.63) is 35.2 Å². The Morgan fingerprint density at radius 3 is 2.79 bits per heavy atom. The Labute approximate surface area is 117 Å². The molecule has 2 atom stereocenters. The fraction of sp³-hybridized carbons (Fsp3) is 0.400. The molecule has 2 rings (SSSR count). The molecule has 0 radical (unpaired) electrons. The minimum Gasteiger partial charge on any atom is -0.393 e. The third-order valence-corrected chi connectivity index (χ3v) is 4.12. The maximum absolute atomic E-state index is 12.0. The molecule has 1 amide bonds. The summed E-state index contributed by atoms with van der Waals surface area (Å²) in [4.78, 5) is 12.8. The SMILES string of the molecule is CC(O)CC(C)CNC(=O)c1cc2ccccc2s1. The number of amides is 1. The van der Waals surface area contributed by atoms with Gasteiger partial charge in [0.25, 0.3) is 5.91 Å². The van der Waals surface area contributed by atoms with Crippen molar-refractivity contribution in [2.45, 2.75) is 26.4 Å². The highest BCUT2D eigenvalue weighted by Gasteiger charge is 2.12. The average Bonchev–Trinajstić information content (AvgIpc) is 2.78. The first-order valence-corrected chi connectivity index (χ1v) is 7.32. The summed E-state index contributed by atoms with van der Waals surface area (Å²) < 4.78 is 1.13. The molecule has 1 aromatic heterocycles. The molecule has 0 aliphatic heterocycles. The van der Waals surface area contributed by atoms with Crippen molar-refractivity contribution in [2.75, 3.05) is 6.54 Å². The Morgan fingerprint density at radius 1 is 1.37 bits per heavy atom. The molecule has 2 unspecified atom stereocenters. The number of hydrogen-bond acceptors (Lipinski definition) is 3. The number of hydrogen-bond donors (Lipinski definition) is 2. The van der Waals surface area contributed by atoms with E-state index in [-0.39, 0.29) is 17.9 Å². The summed E-state index contributed by atoms with van der Waals surface area (Å²) in [5.41, 5.74) is 0. The van der Waals surface area contributed by atoms with Crippen LogP contribution in [-0.4, -0.2) is 23.7 Å². The number of carbonyl (C=O) groups is 1. The third-order valence-electron chi connectivity index (χ3n) is 3.00. The highest BCUT2D eigenvalue weighted by Crippen LogP contribution is 2.25. The molecule has 102 valence electrons. The lowest BCUT2D eigenvalue weighted by Crippen LogP contribution is -2.28. The average molecular weight is 277 g/mol. The lowest BCUT2D eigenvalue weighted by molar-refractivity contribution is 0.0943. The second-order valence-corrected chi connectivity index (χ2v) is 6.13. The van der Waals surface area contributed by atoms with Crippen LogP contribution in [0, 0.1) is 5.92 Å². The van der Waals surface area contributed by atoms with Gasteiger partial charge in [-0.3, -0.25) is 4.79 Å². The Morgan fingerprint density at radius 2 is 2.11 bits per heavy atom. The maximum Gasteiger partial charge on any atom is 0.261 e. The molecule has 2 aromatic rings. The van der Waals surface area contributed by atoms with Crippen LogP contribution in [-0.2, 0) is 0 Å². The second-order valence-electron chi connectivity index (χ2n) is 5.05. The molecule has 0 saturated heterocycles. The molecule has 0 aliphatic carbocycles. The molecule has 0 saturated carbocycles. The monoisotopic (exact) mass is 277 g/mol. The molecular formula is C15H19NO2S. The van der Waals surface area contributed by atoms with Crippen molar-refractivity contribution >= 4 is 27.3 Å². The van der Waals surface area contributed by atoms with Crippen LogP contribution in [0.5, 0.6) is 0 Å². The number of rotatable bonds is 5. The minimum atomic E-state index is -0.323. The standard InChI is InChI=1S/C15H19NO2S/c1-10(7-11(2)17)9-16-15(18)14-8-12-5-3-4-6-13(12)19-14/h3-6,8,10-11,17H,7,9H2,1-2H3,(H,16,18). The topological polar surface area (TPSA) is 49.3 Å². The Balaban J connectivity index is 1.96. The van der Waals surface area contributed by atoms with Gasteiger partial charge in [-0.15, -0.1) is 11.3 Å². The molecule has 0 aliphatic rings. The number of benzene rings is 1. The molecular weight excluding hydrogens is 258 g/mol. The van der Waals surface area contributed by atoms with Crippen molar-refractivity contribution in [2.24, 2.45) is 5.92 Å². The van der Waals surface area contributed by atoms with E-state index in [0.29, 0.717) is 13.0 Å². The van der Waals surface area contributed by atoms with E-state index in [4.69, 9.17) is 0 Å². The summed E-state index contributed by atoms with van der Waals surface area (Å²) in [6, 6.07) is 9.91. The van der Waals surface area contributed by atoms with E-state index in [1.807, 2.05) is 37.3 Å². The summed E-state index contributed by atoms with van der Waals surface area (Å²) in [5, 5.41) is 13.3. The zero-order valence-corrected chi connectivity index (χ0v) is 12.0. The van der Waals surface area contributed by atoms with E-state index in [9.17, 15) is 9.90 Å². The normalized spacial score (nSPS) is 14.3. The van der Waals surface area contributed by atoms with Gasteiger partial charge in [0.2, 0.25) is 0 Å². The van der Waals surface area contributed by atoms with E-state index in [1.54, 1.807) is 6.92 Å². The molecule has 2 N–H and O–H groups in total. The van der Waals surface area contributed by atoms with Crippen molar-refractivity contribution < 1.29 is 9.90 Å². The predicted molar refractivity (Wildman–Crippen MR) is 79.6 cm³/mol. The van der Waals surface area contributed by atoms with Gasteiger partial charge in [0.1, 0.15) is 0 Å².